The SMILES string of the molecule is Cc1[nH]ncc1CCC(=O)NCCN. The molecule has 1 rings (SSSR count). The fourth-order valence-corrected chi connectivity index (χ4v) is 1.18. The number of carbonyl (C=O) groups excluding carboxylic acids is 1. The zero-order valence-electron chi connectivity index (χ0n) is 8.34. The third kappa shape index (κ3) is 3.18. The van der Waals surface area contributed by atoms with Crippen LogP contribution in [0, 0.1) is 6.92 Å². The molecule has 0 saturated carbocycles. The maximum absolute atomic E-state index is 11.2. The highest BCUT2D eigenvalue weighted by Crippen LogP contribution is 2.05. The molecule has 0 aliphatic heterocycles. The Balaban J connectivity index is 2.27. The molecular formula is C9H16N4O. The molecule has 0 aliphatic carbocycles. The quantitative estimate of drug-likeness (QED) is 0.606. The molecule has 0 bridgehead atoms. The van der Waals surface area contributed by atoms with Crippen molar-refractivity contribution in [3.05, 3.63) is 17.5 Å². The van der Waals surface area contributed by atoms with Gasteiger partial charge in [-0.3, -0.25) is 9.89 Å². The first-order chi connectivity index (χ1) is 6.74. The Morgan fingerprint density at radius 1 is 1.71 bits per heavy atom. The first-order valence-electron chi connectivity index (χ1n) is 4.69. The Morgan fingerprint density at radius 3 is 3.07 bits per heavy atom. The first kappa shape index (κ1) is 10.7. The van der Waals surface area contributed by atoms with E-state index < -0.39 is 0 Å². The lowest BCUT2D eigenvalue weighted by Crippen LogP contribution is -2.29. The Hall–Kier alpha value is -1.36. The van der Waals surface area contributed by atoms with Gasteiger partial charge in [-0.1, -0.05) is 0 Å². The van der Waals surface area contributed by atoms with Gasteiger partial charge in [0.15, 0.2) is 0 Å². The van der Waals surface area contributed by atoms with Crippen molar-refractivity contribution in [2.45, 2.75) is 19.8 Å². The van der Waals surface area contributed by atoms with Gasteiger partial charge < -0.3 is 11.1 Å². The lowest BCUT2D eigenvalue weighted by atomic mass is 10.1. The van der Waals surface area contributed by atoms with Gasteiger partial charge in [0.1, 0.15) is 0 Å². The topological polar surface area (TPSA) is 83.8 Å². The number of aryl methyl sites for hydroxylation is 2. The van der Waals surface area contributed by atoms with Crippen molar-refractivity contribution in [3.63, 3.8) is 0 Å². The van der Waals surface area contributed by atoms with Crippen molar-refractivity contribution in [3.8, 4) is 0 Å². The van der Waals surface area contributed by atoms with E-state index in [0.717, 1.165) is 17.7 Å². The Bertz CT molecular complexity index is 295. The largest absolute Gasteiger partial charge is 0.355 e. The number of amides is 1. The fourth-order valence-electron chi connectivity index (χ4n) is 1.18. The molecule has 1 amide bonds. The minimum Gasteiger partial charge on any atom is -0.355 e. The number of aromatic nitrogens is 2. The highest BCUT2D eigenvalue weighted by Gasteiger charge is 2.04. The predicted octanol–water partition coefficient (Wildman–Crippen LogP) is -0.274. The van der Waals surface area contributed by atoms with E-state index in [1.54, 1.807) is 6.20 Å². The lowest BCUT2D eigenvalue weighted by molar-refractivity contribution is -0.120. The molecule has 0 radical (unpaired) electrons. The molecule has 78 valence electrons. The molecule has 0 fully saturated rings. The lowest BCUT2D eigenvalue weighted by Gasteiger charge is -2.02. The summed E-state index contributed by atoms with van der Waals surface area (Å²) in [5.41, 5.74) is 7.38. The number of nitrogens with two attached hydrogens (primary N) is 1. The van der Waals surface area contributed by atoms with Gasteiger partial charge in [0.2, 0.25) is 5.91 Å². The smallest absolute Gasteiger partial charge is 0.220 e. The maximum atomic E-state index is 11.2. The molecule has 0 unspecified atom stereocenters. The van der Waals surface area contributed by atoms with E-state index in [2.05, 4.69) is 15.5 Å². The summed E-state index contributed by atoms with van der Waals surface area (Å²) in [7, 11) is 0. The zero-order chi connectivity index (χ0) is 10.4. The number of aromatic amines is 1. The fraction of sp³-hybridized carbons (Fsp3) is 0.556. The minimum atomic E-state index is 0.0380. The van der Waals surface area contributed by atoms with E-state index >= 15 is 0 Å². The van der Waals surface area contributed by atoms with E-state index in [0.29, 0.717) is 19.5 Å². The predicted molar refractivity (Wildman–Crippen MR) is 53.7 cm³/mol. The van der Waals surface area contributed by atoms with Crippen LogP contribution in [0.1, 0.15) is 17.7 Å². The number of rotatable bonds is 5. The molecule has 5 heteroatoms. The average Bonchev–Trinajstić information content (AvgIpc) is 2.58. The van der Waals surface area contributed by atoms with Crippen molar-refractivity contribution in [2.75, 3.05) is 13.1 Å². The zero-order valence-corrected chi connectivity index (χ0v) is 8.34. The summed E-state index contributed by atoms with van der Waals surface area (Å²) in [5, 5.41) is 9.44. The molecule has 0 saturated heterocycles. The van der Waals surface area contributed by atoms with Crippen molar-refractivity contribution < 1.29 is 4.79 Å². The van der Waals surface area contributed by atoms with Crippen LogP contribution in [0.2, 0.25) is 0 Å². The van der Waals surface area contributed by atoms with Gasteiger partial charge in [-0.15, -0.1) is 0 Å². The number of hydrogen-bond acceptors (Lipinski definition) is 3. The second-order valence-corrected chi connectivity index (χ2v) is 3.16. The van der Waals surface area contributed by atoms with Crippen molar-refractivity contribution >= 4 is 5.91 Å². The van der Waals surface area contributed by atoms with Gasteiger partial charge in [0.05, 0.1) is 6.20 Å². The molecule has 0 aliphatic rings. The van der Waals surface area contributed by atoms with Crippen molar-refractivity contribution in [1.29, 1.82) is 0 Å². The molecule has 14 heavy (non-hydrogen) atoms. The summed E-state index contributed by atoms with van der Waals surface area (Å²) in [6.07, 6.45) is 2.96. The van der Waals surface area contributed by atoms with E-state index in [-0.39, 0.29) is 5.91 Å². The molecule has 0 aromatic carbocycles. The van der Waals surface area contributed by atoms with E-state index in [1.807, 2.05) is 6.92 Å². The monoisotopic (exact) mass is 196 g/mol. The van der Waals surface area contributed by atoms with Crippen LogP contribution >= 0.6 is 0 Å². The number of nitrogens with one attached hydrogen (secondary N) is 2. The number of H-pyrrole nitrogens is 1. The van der Waals surface area contributed by atoms with Gasteiger partial charge in [0.25, 0.3) is 0 Å². The molecule has 0 atom stereocenters. The molecular weight excluding hydrogens is 180 g/mol. The second kappa shape index (κ2) is 5.39. The van der Waals surface area contributed by atoms with Crippen LogP contribution in [0.15, 0.2) is 6.20 Å². The summed E-state index contributed by atoms with van der Waals surface area (Å²) in [5.74, 6) is 0.0380. The van der Waals surface area contributed by atoms with Crippen molar-refractivity contribution in [1.82, 2.24) is 15.5 Å². The van der Waals surface area contributed by atoms with E-state index in [1.165, 1.54) is 0 Å². The van der Waals surface area contributed by atoms with E-state index in [9.17, 15) is 4.79 Å². The molecule has 0 spiro atoms. The maximum Gasteiger partial charge on any atom is 0.220 e. The number of nitrogens with zero attached hydrogens (tertiary/aromatic N) is 1. The van der Waals surface area contributed by atoms with Crippen LogP contribution in [-0.2, 0) is 11.2 Å². The molecule has 5 nitrogen and oxygen atoms in total. The summed E-state index contributed by atoms with van der Waals surface area (Å²) < 4.78 is 0. The summed E-state index contributed by atoms with van der Waals surface area (Å²) in [4.78, 5) is 11.2. The van der Waals surface area contributed by atoms with Crippen LogP contribution in [0.3, 0.4) is 0 Å². The van der Waals surface area contributed by atoms with Crippen LogP contribution < -0.4 is 11.1 Å². The molecule has 1 heterocycles. The Kier molecular flexibility index (Phi) is 4.12. The Morgan fingerprint density at radius 2 is 2.50 bits per heavy atom. The number of hydrogen-bond donors (Lipinski definition) is 3. The van der Waals surface area contributed by atoms with Gasteiger partial charge in [-0.2, -0.15) is 5.10 Å². The highest BCUT2D eigenvalue weighted by atomic mass is 16.1. The average molecular weight is 196 g/mol. The van der Waals surface area contributed by atoms with Crippen molar-refractivity contribution in [2.24, 2.45) is 5.73 Å². The van der Waals surface area contributed by atoms with E-state index in [4.69, 9.17) is 5.73 Å². The number of carbonyl (C=O) groups is 1. The van der Waals surface area contributed by atoms with Crippen LogP contribution in [0.25, 0.3) is 0 Å². The van der Waals surface area contributed by atoms with Gasteiger partial charge in [-0.05, 0) is 18.9 Å². The summed E-state index contributed by atoms with van der Waals surface area (Å²) in [6, 6.07) is 0. The standard InChI is InChI=1S/C9H16N4O/c1-7-8(6-12-13-7)2-3-9(14)11-5-4-10/h6H,2-5,10H2,1H3,(H,11,14)(H,12,13). The van der Waals surface area contributed by atoms with Crippen LogP contribution in [0.4, 0.5) is 0 Å². The van der Waals surface area contributed by atoms with Gasteiger partial charge >= 0.3 is 0 Å². The molecule has 4 N–H and O–H groups in total. The third-order valence-corrected chi connectivity index (χ3v) is 2.02. The summed E-state index contributed by atoms with van der Waals surface area (Å²) in [6.45, 7) is 2.97. The second-order valence-electron chi connectivity index (χ2n) is 3.16. The Labute approximate surface area is 83.1 Å². The molecule has 1 aromatic heterocycles. The highest BCUT2D eigenvalue weighted by molar-refractivity contribution is 5.76. The van der Waals surface area contributed by atoms with Gasteiger partial charge in [-0.25, -0.2) is 0 Å². The van der Waals surface area contributed by atoms with Crippen LogP contribution in [0.5, 0.6) is 0 Å². The third-order valence-electron chi connectivity index (χ3n) is 2.02. The van der Waals surface area contributed by atoms with Crippen LogP contribution in [-0.4, -0.2) is 29.2 Å². The van der Waals surface area contributed by atoms with Gasteiger partial charge in [0, 0.05) is 25.2 Å². The molecule has 1 aromatic rings. The first-order valence-corrected chi connectivity index (χ1v) is 4.69. The summed E-state index contributed by atoms with van der Waals surface area (Å²) >= 11 is 0. The normalized spacial score (nSPS) is 10.1. The minimum absolute atomic E-state index is 0.0380.